The van der Waals surface area contributed by atoms with Crippen molar-refractivity contribution in [1.29, 1.82) is 0 Å². The summed E-state index contributed by atoms with van der Waals surface area (Å²) in [6.45, 7) is 10.2. The summed E-state index contributed by atoms with van der Waals surface area (Å²) < 4.78 is 11.2. The lowest BCUT2D eigenvalue weighted by Gasteiger charge is -2.20. The molecule has 130 valence electrons. The van der Waals surface area contributed by atoms with Crippen molar-refractivity contribution < 1.29 is 9.47 Å². The van der Waals surface area contributed by atoms with Crippen LogP contribution in [0, 0.1) is 0 Å². The molecular formula is C17H29N3O2S. The number of rotatable bonds is 8. The molecule has 0 bridgehead atoms. The fourth-order valence-corrected chi connectivity index (χ4v) is 3.19. The molecule has 2 rings (SSSR count). The summed E-state index contributed by atoms with van der Waals surface area (Å²) in [4.78, 5) is 4.71. The van der Waals surface area contributed by atoms with Crippen molar-refractivity contribution in [3.63, 3.8) is 0 Å². The lowest BCUT2D eigenvalue weighted by Crippen LogP contribution is -2.44. The van der Waals surface area contributed by atoms with Gasteiger partial charge in [0.15, 0.2) is 5.96 Å². The van der Waals surface area contributed by atoms with Crippen molar-refractivity contribution >= 4 is 17.3 Å². The van der Waals surface area contributed by atoms with Crippen LogP contribution in [0.4, 0.5) is 0 Å². The van der Waals surface area contributed by atoms with Crippen molar-refractivity contribution in [2.75, 3.05) is 32.9 Å². The van der Waals surface area contributed by atoms with Gasteiger partial charge in [-0.2, -0.15) is 11.3 Å². The maximum atomic E-state index is 5.86. The van der Waals surface area contributed by atoms with E-state index in [2.05, 4.69) is 48.2 Å². The molecular weight excluding hydrogens is 310 g/mol. The van der Waals surface area contributed by atoms with Gasteiger partial charge in [-0.25, -0.2) is 0 Å². The fourth-order valence-electron chi connectivity index (χ4n) is 2.41. The summed E-state index contributed by atoms with van der Waals surface area (Å²) in [5.74, 6) is 1.28. The Balaban J connectivity index is 1.77. The van der Waals surface area contributed by atoms with Crippen LogP contribution in [0.2, 0.25) is 0 Å². The van der Waals surface area contributed by atoms with E-state index in [1.807, 2.05) is 0 Å². The molecule has 1 aliphatic rings. The third-order valence-electron chi connectivity index (χ3n) is 3.83. The Morgan fingerprint density at radius 1 is 1.52 bits per heavy atom. The average molecular weight is 340 g/mol. The monoisotopic (exact) mass is 339 g/mol. The largest absolute Gasteiger partial charge is 0.379 e. The van der Waals surface area contributed by atoms with Crippen molar-refractivity contribution in [2.24, 2.45) is 4.99 Å². The number of hydrogen-bond acceptors (Lipinski definition) is 4. The maximum Gasteiger partial charge on any atom is 0.191 e. The van der Waals surface area contributed by atoms with Crippen LogP contribution >= 0.6 is 11.3 Å². The number of thiophene rings is 1. The second-order valence-electron chi connectivity index (χ2n) is 6.04. The van der Waals surface area contributed by atoms with E-state index in [9.17, 15) is 0 Å². The first-order chi connectivity index (χ1) is 11.2. The molecule has 1 aromatic heterocycles. The molecule has 1 fully saturated rings. The van der Waals surface area contributed by atoms with E-state index >= 15 is 0 Å². The molecule has 0 aromatic carbocycles. The zero-order valence-electron chi connectivity index (χ0n) is 14.4. The Labute approximate surface area is 143 Å². The van der Waals surface area contributed by atoms with Crippen molar-refractivity contribution in [1.82, 2.24) is 10.6 Å². The van der Waals surface area contributed by atoms with Gasteiger partial charge in [-0.3, -0.25) is 4.99 Å². The number of nitrogens with one attached hydrogen (secondary N) is 2. The second kappa shape index (κ2) is 9.90. The van der Waals surface area contributed by atoms with Crippen LogP contribution in [0.5, 0.6) is 0 Å². The standard InChI is InChI=1S/C17H29N3O2S/c1-4-18-17(19-9-13(2)15-6-8-23-12-15)20-14(3)10-22-16-5-7-21-11-16/h6,8,12-14,16H,4-5,7,9-11H2,1-3H3,(H2,18,19,20). The lowest BCUT2D eigenvalue weighted by atomic mass is 10.1. The predicted octanol–water partition coefficient (Wildman–Crippen LogP) is 2.60. The van der Waals surface area contributed by atoms with E-state index in [1.54, 1.807) is 11.3 Å². The summed E-state index contributed by atoms with van der Waals surface area (Å²) in [7, 11) is 0. The minimum absolute atomic E-state index is 0.213. The summed E-state index contributed by atoms with van der Waals surface area (Å²) >= 11 is 1.74. The van der Waals surface area contributed by atoms with Crippen molar-refractivity contribution in [2.45, 2.75) is 45.3 Å². The summed E-state index contributed by atoms with van der Waals surface area (Å²) in [5, 5.41) is 11.0. The van der Waals surface area contributed by atoms with Crippen LogP contribution in [0.1, 0.15) is 38.7 Å². The Bertz CT molecular complexity index is 458. The Kier molecular flexibility index (Phi) is 7.85. The predicted molar refractivity (Wildman–Crippen MR) is 96.5 cm³/mol. The number of nitrogens with zero attached hydrogens (tertiary/aromatic N) is 1. The van der Waals surface area contributed by atoms with Gasteiger partial charge in [-0.05, 0) is 42.7 Å². The van der Waals surface area contributed by atoms with E-state index in [0.29, 0.717) is 12.5 Å². The van der Waals surface area contributed by atoms with Gasteiger partial charge >= 0.3 is 0 Å². The summed E-state index contributed by atoms with van der Waals surface area (Å²) in [6, 6.07) is 2.38. The molecule has 3 unspecified atom stereocenters. The van der Waals surface area contributed by atoms with E-state index in [1.165, 1.54) is 5.56 Å². The van der Waals surface area contributed by atoms with Crippen LogP contribution in [-0.2, 0) is 9.47 Å². The highest BCUT2D eigenvalue weighted by Crippen LogP contribution is 2.18. The van der Waals surface area contributed by atoms with Crippen LogP contribution in [0.25, 0.3) is 0 Å². The first-order valence-electron chi connectivity index (χ1n) is 8.45. The quantitative estimate of drug-likeness (QED) is 0.565. The zero-order valence-corrected chi connectivity index (χ0v) is 15.2. The third-order valence-corrected chi connectivity index (χ3v) is 4.53. The van der Waals surface area contributed by atoms with Gasteiger partial charge in [-0.1, -0.05) is 6.92 Å². The highest BCUT2D eigenvalue weighted by molar-refractivity contribution is 7.07. The van der Waals surface area contributed by atoms with Gasteiger partial charge in [0.05, 0.1) is 19.3 Å². The van der Waals surface area contributed by atoms with E-state index < -0.39 is 0 Å². The van der Waals surface area contributed by atoms with Gasteiger partial charge < -0.3 is 20.1 Å². The highest BCUT2D eigenvalue weighted by atomic mass is 32.1. The van der Waals surface area contributed by atoms with Crippen molar-refractivity contribution in [3.05, 3.63) is 22.4 Å². The smallest absolute Gasteiger partial charge is 0.191 e. The van der Waals surface area contributed by atoms with Gasteiger partial charge in [0.2, 0.25) is 0 Å². The summed E-state index contributed by atoms with van der Waals surface area (Å²) in [5.41, 5.74) is 1.35. The number of guanidine groups is 1. The number of ether oxygens (including phenoxy) is 2. The van der Waals surface area contributed by atoms with Crippen LogP contribution in [0.15, 0.2) is 21.8 Å². The molecule has 1 aromatic rings. The molecule has 0 radical (unpaired) electrons. The van der Waals surface area contributed by atoms with Gasteiger partial charge in [0, 0.05) is 31.7 Å². The van der Waals surface area contributed by atoms with E-state index in [4.69, 9.17) is 14.5 Å². The second-order valence-corrected chi connectivity index (χ2v) is 6.82. The van der Waals surface area contributed by atoms with Crippen LogP contribution in [-0.4, -0.2) is 51.0 Å². The van der Waals surface area contributed by atoms with Crippen LogP contribution < -0.4 is 10.6 Å². The first-order valence-corrected chi connectivity index (χ1v) is 9.39. The van der Waals surface area contributed by atoms with Crippen LogP contribution in [0.3, 0.4) is 0 Å². The Hall–Kier alpha value is -1.11. The summed E-state index contributed by atoms with van der Waals surface area (Å²) in [6.07, 6.45) is 1.25. The molecule has 23 heavy (non-hydrogen) atoms. The lowest BCUT2D eigenvalue weighted by molar-refractivity contribution is 0.0347. The minimum atomic E-state index is 0.213. The van der Waals surface area contributed by atoms with Gasteiger partial charge in [0.25, 0.3) is 0 Å². The zero-order chi connectivity index (χ0) is 16.5. The molecule has 0 amide bonds. The number of hydrogen-bond donors (Lipinski definition) is 2. The van der Waals surface area contributed by atoms with E-state index in [-0.39, 0.29) is 12.1 Å². The highest BCUT2D eigenvalue weighted by Gasteiger charge is 2.17. The molecule has 1 aliphatic heterocycles. The maximum absolute atomic E-state index is 5.86. The Morgan fingerprint density at radius 3 is 3.04 bits per heavy atom. The molecule has 3 atom stereocenters. The van der Waals surface area contributed by atoms with Gasteiger partial charge in [-0.15, -0.1) is 0 Å². The molecule has 1 saturated heterocycles. The van der Waals surface area contributed by atoms with E-state index in [0.717, 1.165) is 38.7 Å². The topological polar surface area (TPSA) is 54.9 Å². The molecule has 5 nitrogen and oxygen atoms in total. The molecule has 0 spiro atoms. The average Bonchev–Trinajstić information content (AvgIpc) is 3.23. The molecule has 2 heterocycles. The molecule has 2 N–H and O–H groups in total. The number of aliphatic imine (C=N–C) groups is 1. The molecule has 0 aliphatic carbocycles. The normalized spacial score (nSPS) is 21.2. The fraction of sp³-hybridized carbons (Fsp3) is 0.706. The molecule has 0 saturated carbocycles. The first kappa shape index (κ1) is 18.2. The SMILES string of the molecule is CCNC(=NCC(C)c1ccsc1)NC(C)COC1CCOC1. The minimum Gasteiger partial charge on any atom is -0.379 e. The molecule has 6 heteroatoms. The van der Waals surface area contributed by atoms with Gasteiger partial charge in [0.1, 0.15) is 0 Å². The third kappa shape index (κ3) is 6.49. The van der Waals surface area contributed by atoms with Crippen molar-refractivity contribution in [3.8, 4) is 0 Å². The Morgan fingerprint density at radius 2 is 2.39 bits per heavy atom.